The van der Waals surface area contributed by atoms with Crippen molar-refractivity contribution in [2.24, 2.45) is 0 Å². The Morgan fingerprint density at radius 2 is 1.79 bits per heavy atom. The Kier molecular flexibility index (Phi) is 4.00. The average molecular weight is 321 g/mol. The highest BCUT2D eigenvalue weighted by Gasteiger charge is 2.13. The molecule has 0 atom stereocenters. The van der Waals surface area contributed by atoms with Gasteiger partial charge in [-0.25, -0.2) is 4.79 Å². The number of ketones is 1. The fourth-order valence-electron chi connectivity index (χ4n) is 2.58. The molecule has 0 aliphatic heterocycles. The number of amides is 1. The van der Waals surface area contributed by atoms with Crippen LogP contribution in [-0.4, -0.2) is 11.7 Å². The highest BCUT2D eigenvalue weighted by molar-refractivity contribution is 6.04. The third-order valence-corrected chi connectivity index (χ3v) is 3.76. The van der Waals surface area contributed by atoms with Crippen molar-refractivity contribution < 1.29 is 14.0 Å². The molecule has 24 heavy (non-hydrogen) atoms. The van der Waals surface area contributed by atoms with Crippen LogP contribution >= 0.6 is 0 Å². The molecule has 0 aliphatic rings. The lowest BCUT2D eigenvalue weighted by Crippen LogP contribution is -2.15. The number of benzene rings is 2. The molecule has 0 unspecified atom stereocenters. The second-order valence-electron chi connectivity index (χ2n) is 5.53. The summed E-state index contributed by atoms with van der Waals surface area (Å²) in [5.41, 5.74) is 1.34. The SMILES string of the molecule is CC(=O)c1ccc(NC(=O)c2cc3ccccc3c(=O)o2)cc1C. The zero-order valence-electron chi connectivity index (χ0n) is 13.3. The fourth-order valence-corrected chi connectivity index (χ4v) is 2.58. The standard InChI is InChI=1S/C19H15NO4/c1-11-9-14(7-8-15(11)12(2)21)20-18(22)17-10-13-5-3-4-6-16(13)19(23)24-17/h3-10H,1-2H3,(H,20,22). The Bertz CT molecular complexity index is 1020. The van der Waals surface area contributed by atoms with E-state index in [9.17, 15) is 14.4 Å². The van der Waals surface area contributed by atoms with Gasteiger partial charge in [0.15, 0.2) is 11.5 Å². The van der Waals surface area contributed by atoms with Crippen LogP contribution < -0.4 is 10.9 Å². The van der Waals surface area contributed by atoms with E-state index in [1.165, 1.54) is 13.0 Å². The maximum Gasteiger partial charge on any atom is 0.344 e. The quantitative estimate of drug-likeness (QED) is 0.748. The zero-order valence-corrected chi connectivity index (χ0v) is 13.3. The van der Waals surface area contributed by atoms with E-state index >= 15 is 0 Å². The highest BCUT2D eigenvalue weighted by Crippen LogP contribution is 2.17. The van der Waals surface area contributed by atoms with Gasteiger partial charge >= 0.3 is 5.63 Å². The van der Waals surface area contributed by atoms with Gasteiger partial charge in [-0.3, -0.25) is 9.59 Å². The summed E-state index contributed by atoms with van der Waals surface area (Å²) in [7, 11) is 0. The van der Waals surface area contributed by atoms with Crippen molar-refractivity contribution in [3.8, 4) is 0 Å². The van der Waals surface area contributed by atoms with Gasteiger partial charge in [0.2, 0.25) is 0 Å². The van der Waals surface area contributed by atoms with E-state index in [0.29, 0.717) is 22.0 Å². The molecule has 5 heteroatoms. The topological polar surface area (TPSA) is 76.4 Å². The zero-order chi connectivity index (χ0) is 17.3. The second-order valence-corrected chi connectivity index (χ2v) is 5.53. The molecule has 1 heterocycles. The van der Waals surface area contributed by atoms with Crippen LogP contribution in [0.5, 0.6) is 0 Å². The molecule has 1 amide bonds. The van der Waals surface area contributed by atoms with Crippen LogP contribution in [0.25, 0.3) is 10.8 Å². The molecule has 0 radical (unpaired) electrons. The molecule has 0 fully saturated rings. The van der Waals surface area contributed by atoms with Gasteiger partial charge in [-0.15, -0.1) is 0 Å². The van der Waals surface area contributed by atoms with Gasteiger partial charge < -0.3 is 9.73 Å². The van der Waals surface area contributed by atoms with Gasteiger partial charge in [0.25, 0.3) is 5.91 Å². The number of rotatable bonds is 3. The summed E-state index contributed by atoms with van der Waals surface area (Å²) < 4.78 is 5.10. The fraction of sp³-hybridized carbons (Fsp3) is 0.105. The Morgan fingerprint density at radius 3 is 2.50 bits per heavy atom. The monoisotopic (exact) mass is 321 g/mol. The van der Waals surface area contributed by atoms with E-state index < -0.39 is 11.5 Å². The van der Waals surface area contributed by atoms with Crippen LogP contribution in [0.4, 0.5) is 5.69 Å². The number of anilines is 1. The van der Waals surface area contributed by atoms with Crippen molar-refractivity contribution in [1.29, 1.82) is 0 Å². The maximum absolute atomic E-state index is 12.3. The first-order chi connectivity index (χ1) is 11.5. The molecule has 0 spiro atoms. The lowest BCUT2D eigenvalue weighted by molar-refractivity contribution is 0.0991. The predicted molar refractivity (Wildman–Crippen MR) is 91.6 cm³/mol. The minimum absolute atomic E-state index is 0.0362. The lowest BCUT2D eigenvalue weighted by atomic mass is 10.0. The molecule has 3 aromatic rings. The first-order valence-corrected chi connectivity index (χ1v) is 7.41. The molecular weight excluding hydrogens is 306 g/mol. The highest BCUT2D eigenvalue weighted by atomic mass is 16.4. The molecule has 1 N–H and O–H groups in total. The van der Waals surface area contributed by atoms with E-state index in [2.05, 4.69) is 5.32 Å². The molecule has 1 aromatic heterocycles. The van der Waals surface area contributed by atoms with E-state index in [-0.39, 0.29) is 11.5 Å². The molecule has 0 aliphatic carbocycles. The largest absolute Gasteiger partial charge is 0.417 e. The van der Waals surface area contributed by atoms with Crippen molar-refractivity contribution in [1.82, 2.24) is 0 Å². The number of hydrogen-bond acceptors (Lipinski definition) is 4. The summed E-state index contributed by atoms with van der Waals surface area (Å²) in [6, 6.07) is 13.4. The van der Waals surface area contributed by atoms with Crippen molar-refractivity contribution >= 4 is 28.2 Å². The van der Waals surface area contributed by atoms with Crippen molar-refractivity contribution in [3.63, 3.8) is 0 Å². The third-order valence-electron chi connectivity index (χ3n) is 3.76. The van der Waals surface area contributed by atoms with E-state index in [1.807, 2.05) is 0 Å². The minimum Gasteiger partial charge on any atom is -0.417 e. The molecule has 3 rings (SSSR count). The van der Waals surface area contributed by atoms with E-state index in [0.717, 1.165) is 5.56 Å². The number of carbonyl (C=O) groups excluding carboxylic acids is 2. The van der Waals surface area contributed by atoms with Crippen LogP contribution in [0.1, 0.15) is 33.4 Å². The van der Waals surface area contributed by atoms with E-state index in [4.69, 9.17) is 4.42 Å². The molecule has 0 saturated heterocycles. The first-order valence-electron chi connectivity index (χ1n) is 7.41. The third kappa shape index (κ3) is 2.96. The molecule has 0 saturated carbocycles. The van der Waals surface area contributed by atoms with Crippen molar-refractivity contribution in [2.75, 3.05) is 5.32 Å². The van der Waals surface area contributed by atoms with Crippen molar-refractivity contribution in [3.05, 3.63) is 75.8 Å². The van der Waals surface area contributed by atoms with Gasteiger partial charge in [-0.2, -0.15) is 0 Å². The summed E-state index contributed by atoms with van der Waals surface area (Å²) in [6.07, 6.45) is 0. The molecule has 120 valence electrons. The Labute approximate surface area is 137 Å². The minimum atomic E-state index is -0.554. The molecular formula is C19H15NO4. The van der Waals surface area contributed by atoms with Gasteiger partial charge in [0.1, 0.15) is 0 Å². The summed E-state index contributed by atoms with van der Waals surface area (Å²) >= 11 is 0. The predicted octanol–water partition coefficient (Wildman–Crippen LogP) is 3.56. The van der Waals surface area contributed by atoms with Gasteiger partial charge in [-0.1, -0.05) is 18.2 Å². The maximum atomic E-state index is 12.3. The Morgan fingerprint density at radius 1 is 1.04 bits per heavy atom. The van der Waals surface area contributed by atoms with Crippen LogP contribution in [0, 0.1) is 6.92 Å². The number of nitrogens with one attached hydrogen (secondary N) is 1. The molecule has 2 aromatic carbocycles. The number of fused-ring (bicyclic) bond motifs is 1. The number of Topliss-reactive ketones (excluding diaryl/α,β-unsaturated/α-hetero) is 1. The number of aryl methyl sites for hydroxylation is 1. The van der Waals surface area contributed by atoms with Crippen LogP contribution in [0.3, 0.4) is 0 Å². The normalized spacial score (nSPS) is 10.6. The molecule has 0 bridgehead atoms. The van der Waals surface area contributed by atoms with Crippen molar-refractivity contribution in [2.45, 2.75) is 13.8 Å². The number of hydrogen-bond donors (Lipinski definition) is 1. The van der Waals surface area contributed by atoms with Gasteiger partial charge in [0, 0.05) is 11.3 Å². The summed E-state index contributed by atoms with van der Waals surface area (Å²) in [5, 5.41) is 3.74. The van der Waals surface area contributed by atoms with E-state index in [1.54, 1.807) is 49.4 Å². The van der Waals surface area contributed by atoms with Gasteiger partial charge in [0.05, 0.1) is 5.39 Å². The van der Waals surface area contributed by atoms with Crippen LogP contribution in [0.2, 0.25) is 0 Å². The number of carbonyl (C=O) groups is 2. The smallest absolute Gasteiger partial charge is 0.344 e. The average Bonchev–Trinajstić information content (AvgIpc) is 2.54. The summed E-state index contributed by atoms with van der Waals surface area (Å²) in [4.78, 5) is 35.7. The summed E-state index contributed by atoms with van der Waals surface area (Å²) in [5.74, 6) is -0.620. The summed E-state index contributed by atoms with van der Waals surface area (Å²) in [6.45, 7) is 3.28. The Hall–Kier alpha value is -3.21. The van der Waals surface area contributed by atoms with Crippen LogP contribution in [-0.2, 0) is 0 Å². The van der Waals surface area contributed by atoms with Gasteiger partial charge in [-0.05, 0) is 55.1 Å². The second kappa shape index (κ2) is 6.12. The molecule has 5 nitrogen and oxygen atoms in total. The Balaban J connectivity index is 1.91. The first kappa shape index (κ1) is 15.7. The van der Waals surface area contributed by atoms with Crippen LogP contribution in [0.15, 0.2) is 57.7 Å². The lowest BCUT2D eigenvalue weighted by Gasteiger charge is -2.08.